The summed E-state index contributed by atoms with van der Waals surface area (Å²) in [6.07, 6.45) is 2.08. The number of hydrogen-bond donors (Lipinski definition) is 2. The van der Waals surface area contributed by atoms with Gasteiger partial charge >= 0.3 is 6.03 Å². The molecule has 3 rings (SSSR count). The molecule has 2 N–H and O–H groups in total. The van der Waals surface area contributed by atoms with Gasteiger partial charge in [0.1, 0.15) is 5.82 Å². The van der Waals surface area contributed by atoms with E-state index in [2.05, 4.69) is 20.5 Å². The first kappa shape index (κ1) is 23.7. The lowest BCUT2D eigenvalue weighted by Gasteiger charge is -2.36. The van der Waals surface area contributed by atoms with Gasteiger partial charge in [-0.1, -0.05) is 12.1 Å². The number of benzene rings is 1. The van der Waals surface area contributed by atoms with Crippen molar-refractivity contribution in [2.45, 2.75) is 39.2 Å². The number of urea groups is 1. The van der Waals surface area contributed by atoms with Crippen molar-refractivity contribution in [2.75, 3.05) is 38.5 Å². The van der Waals surface area contributed by atoms with Gasteiger partial charge in [0.25, 0.3) is 0 Å². The molecule has 0 spiro atoms. The SMILES string of the molecule is Cc1cc(NC(=O)NCCN2CCC(N(C)C(=O)Cc3ccc(F)cc3)CC2)cc(C)n1. The first-order valence-electron chi connectivity index (χ1n) is 11.0. The lowest BCUT2D eigenvalue weighted by molar-refractivity contribution is -0.132. The summed E-state index contributed by atoms with van der Waals surface area (Å²) in [6, 6.07) is 9.73. The molecule has 0 aliphatic carbocycles. The van der Waals surface area contributed by atoms with Crippen LogP contribution in [-0.4, -0.2) is 66.0 Å². The van der Waals surface area contributed by atoms with Crippen molar-refractivity contribution >= 4 is 17.6 Å². The number of aromatic nitrogens is 1. The molecule has 0 atom stereocenters. The van der Waals surface area contributed by atoms with Gasteiger partial charge in [-0.2, -0.15) is 0 Å². The molecule has 1 saturated heterocycles. The van der Waals surface area contributed by atoms with Crippen molar-refractivity contribution in [3.05, 3.63) is 59.2 Å². The average molecular weight is 442 g/mol. The van der Waals surface area contributed by atoms with Gasteiger partial charge in [-0.3, -0.25) is 9.78 Å². The summed E-state index contributed by atoms with van der Waals surface area (Å²) in [5.74, 6) is -0.244. The van der Waals surface area contributed by atoms with E-state index >= 15 is 0 Å². The van der Waals surface area contributed by atoms with Gasteiger partial charge < -0.3 is 20.4 Å². The van der Waals surface area contributed by atoms with E-state index in [1.54, 1.807) is 12.1 Å². The Morgan fingerprint density at radius 3 is 2.38 bits per heavy atom. The zero-order valence-electron chi connectivity index (χ0n) is 19.0. The minimum absolute atomic E-state index is 0.0509. The van der Waals surface area contributed by atoms with Crippen LogP contribution < -0.4 is 10.6 Å². The fourth-order valence-electron chi connectivity index (χ4n) is 4.04. The van der Waals surface area contributed by atoms with Crippen LogP contribution >= 0.6 is 0 Å². The Labute approximate surface area is 189 Å². The van der Waals surface area contributed by atoms with Gasteiger partial charge in [-0.25, -0.2) is 9.18 Å². The number of hydrogen-bond acceptors (Lipinski definition) is 4. The molecule has 0 unspecified atom stereocenters. The van der Waals surface area contributed by atoms with Gasteiger partial charge in [0.2, 0.25) is 5.91 Å². The second-order valence-corrected chi connectivity index (χ2v) is 8.40. The molecule has 7 nitrogen and oxygen atoms in total. The van der Waals surface area contributed by atoms with Crippen molar-refractivity contribution < 1.29 is 14.0 Å². The highest BCUT2D eigenvalue weighted by Gasteiger charge is 2.25. The van der Waals surface area contributed by atoms with Crippen LogP contribution in [0.15, 0.2) is 36.4 Å². The molecule has 1 aromatic carbocycles. The average Bonchev–Trinajstić information content (AvgIpc) is 2.74. The van der Waals surface area contributed by atoms with Crippen LogP contribution in [0.4, 0.5) is 14.9 Å². The summed E-state index contributed by atoms with van der Waals surface area (Å²) in [5.41, 5.74) is 3.29. The predicted molar refractivity (Wildman–Crippen MR) is 123 cm³/mol. The Morgan fingerprint density at radius 2 is 1.75 bits per heavy atom. The molecule has 2 aromatic rings. The minimum atomic E-state index is -0.295. The molecular weight excluding hydrogens is 409 g/mol. The maximum Gasteiger partial charge on any atom is 0.319 e. The van der Waals surface area contributed by atoms with Crippen LogP contribution in [0.25, 0.3) is 0 Å². The fourth-order valence-corrected chi connectivity index (χ4v) is 4.04. The molecule has 172 valence electrons. The van der Waals surface area contributed by atoms with E-state index < -0.39 is 0 Å². The lowest BCUT2D eigenvalue weighted by atomic mass is 10.0. The molecule has 3 amide bonds. The summed E-state index contributed by atoms with van der Waals surface area (Å²) in [6.45, 7) is 6.87. The van der Waals surface area contributed by atoms with Crippen molar-refractivity contribution in [3.8, 4) is 0 Å². The number of rotatable bonds is 7. The monoisotopic (exact) mass is 441 g/mol. The van der Waals surface area contributed by atoms with E-state index in [1.807, 2.05) is 37.9 Å². The molecule has 1 aliphatic heterocycles. The molecule has 0 radical (unpaired) electrons. The number of carbonyl (C=O) groups is 2. The van der Waals surface area contributed by atoms with Crippen molar-refractivity contribution in [1.82, 2.24) is 20.1 Å². The van der Waals surface area contributed by atoms with Crippen LogP contribution in [0.3, 0.4) is 0 Å². The molecular formula is C24H32FN5O2. The molecule has 1 aliphatic rings. The van der Waals surface area contributed by atoms with E-state index in [0.29, 0.717) is 6.54 Å². The number of pyridine rings is 1. The van der Waals surface area contributed by atoms with Crippen LogP contribution in [0.2, 0.25) is 0 Å². The van der Waals surface area contributed by atoms with Crippen LogP contribution in [0, 0.1) is 19.7 Å². The van der Waals surface area contributed by atoms with Gasteiger partial charge in [0.05, 0.1) is 6.42 Å². The fraction of sp³-hybridized carbons (Fsp3) is 0.458. The van der Waals surface area contributed by atoms with E-state index in [-0.39, 0.29) is 30.2 Å². The summed E-state index contributed by atoms with van der Waals surface area (Å²) >= 11 is 0. The van der Waals surface area contributed by atoms with Crippen LogP contribution in [-0.2, 0) is 11.2 Å². The van der Waals surface area contributed by atoms with Crippen molar-refractivity contribution in [1.29, 1.82) is 0 Å². The topological polar surface area (TPSA) is 77.6 Å². The summed E-state index contributed by atoms with van der Waals surface area (Å²) in [7, 11) is 1.85. The molecule has 8 heteroatoms. The maximum absolute atomic E-state index is 13.0. The molecule has 2 heterocycles. The standard InChI is InChI=1S/C24H32FN5O2/c1-17-14-21(15-18(2)27-17)28-24(32)26-10-13-30-11-8-22(9-12-30)29(3)23(31)16-19-4-6-20(25)7-5-19/h4-7,14-15,22H,8-13,16H2,1-3H3,(H2,26,27,28,32). The third kappa shape index (κ3) is 7.02. The number of nitrogens with one attached hydrogen (secondary N) is 2. The smallest absolute Gasteiger partial charge is 0.319 e. The number of carbonyl (C=O) groups excluding carboxylic acids is 2. The van der Waals surface area contributed by atoms with E-state index in [0.717, 1.165) is 55.1 Å². The quantitative estimate of drug-likeness (QED) is 0.692. The highest BCUT2D eigenvalue weighted by Crippen LogP contribution is 2.17. The number of nitrogens with zero attached hydrogens (tertiary/aromatic N) is 3. The first-order valence-corrected chi connectivity index (χ1v) is 11.0. The molecule has 0 bridgehead atoms. The number of likely N-dealkylation sites (N-methyl/N-ethyl adjacent to an activating group) is 1. The number of amides is 3. The molecule has 32 heavy (non-hydrogen) atoms. The third-order valence-electron chi connectivity index (χ3n) is 5.82. The second-order valence-electron chi connectivity index (χ2n) is 8.40. The molecule has 1 fully saturated rings. The summed E-state index contributed by atoms with van der Waals surface area (Å²) in [5, 5.41) is 5.74. The first-order chi connectivity index (χ1) is 15.3. The highest BCUT2D eigenvalue weighted by atomic mass is 19.1. The van der Waals surface area contributed by atoms with E-state index in [9.17, 15) is 14.0 Å². The zero-order chi connectivity index (χ0) is 23.1. The number of piperidine rings is 1. The Morgan fingerprint density at radius 1 is 1.12 bits per heavy atom. The molecule has 0 saturated carbocycles. The van der Waals surface area contributed by atoms with Gasteiger partial charge in [0.15, 0.2) is 0 Å². The van der Waals surface area contributed by atoms with Gasteiger partial charge in [-0.05, 0) is 56.5 Å². The number of anilines is 1. The van der Waals surface area contributed by atoms with Crippen molar-refractivity contribution in [3.63, 3.8) is 0 Å². The highest BCUT2D eigenvalue weighted by molar-refractivity contribution is 5.89. The second kappa shape index (κ2) is 11.0. The Bertz CT molecular complexity index is 906. The van der Waals surface area contributed by atoms with Crippen LogP contribution in [0.5, 0.6) is 0 Å². The van der Waals surface area contributed by atoms with Gasteiger partial charge in [0, 0.05) is 56.3 Å². The number of aryl methyl sites for hydroxylation is 2. The van der Waals surface area contributed by atoms with E-state index in [1.165, 1.54) is 12.1 Å². The van der Waals surface area contributed by atoms with Gasteiger partial charge in [-0.15, -0.1) is 0 Å². The number of likely N-dealkylation sites (tertiary alicyclic amines) is 1. The Kier molecular flexibility index (Phi) is 8.16. The lowest BCUT2D eigenvalue weighted by Crippen LogP contribution is -2.47. The predicted octanol–water partition coefficient (Wildman–Crippen LogP) is 3.12. The summed E-state index contributed by atoms with van der Waals surface area (Å²) in [4.78, 5) is 33.1. The Balaban J connectivity index is 1.35. The maximum atomic E-state index is 13.0. The van der Waals surface area contributed by atoms with Crippen molar-refractivity contribution in [2.24, 2.45) is 0 Å². The van der Waals surface area contributed by atoms with E-state index in [4.69, 9.17) is 0 Å². The normalized spacial score (nSPS) is 14.8. The Hall–Kier alpha value is -3.00. The minimum Gasteiger partial charge on any atom is -0.342 e. The summed E-state index contributed by atoms with van der Waals surface area (Å²) < 4.78 is 13.0. The molecule has 1 aromatic heterocycles. The number of halogens is 1. The van der Waals surface area contributed by atoms with Crippen LogP contribution in [0.1, 0.15) is 29.8 Å². The third-order valence-corrected chi connectivity index (χ3v) is 5.82. The largest absolute Gasteiger partial charge is 0.342 e. The zero-order valence-corrected chi connectivity index (χ0v) is 19.0.